The van der Waals surface area contributed by atoms with Crippen molar-refractivity contribution in [3.05, 3.63) is 0 Å². The summed E-state index contributed by atoms with van der Waals surface area (Å²) in [6.45, 7) is 0. The molecule has 0 saturated heterocycles. The van der Waals surface area contributed by atoms with Gasteiger partial charge in [-0.25, -0.2) is 0 Å². The average molecular weight is 189 g/mol. The van der Waals surface area contributed by atoms with Crippen LogP contribution in [0.2, 0.25) is 0 Å². The maximum Gasteiger partial charge on any atom is 0.149 e. The molecule has 0 aromatic heterocycles. The summed E-state index contributed by atoms with van der Waals surface area (Å²) in [4.78, 5) is 11.3. The lowest BCUT2D eigenvalue weighted by Gasteiger charge is -2.12. The van der Waals surface area contributed by atoms with Gasteiger partial charge >= 0.3 is 0 Å². The van der Waals surface area contributed by atoms with E-state index in [9.17, 15) is 4.79 Å². The van der Waals surface area contributed by atoms with Crippen LogP contribution in [0.25, 0.3) is 0 Å². The van der Waals surface area contributed by atoms with E-state index in [-0.39, 0.29) is 4.83 Å². The number of alkyl halides is 1. The van der Waals surface area contributed by atoms with Crippen LogP contribution in [0.5, 0.6) is 0 Å². The zero-order chi connectivity index (χ0) is 6.43. The molecule has 0 aromatic rings. The smallest absolute Gasteiger partial charge is 0.149 e. The van der Waals surface area contributed by atoms with Gasteiger partial charge in [0.2, 0.25) is 0 Å². The molecule has 0 unspecified atom stereocenters. The van der Waals surface area contributed by atoms with E-state index in [4.69, 9.17) is 0 Å². The number of hydrogen-bond acceptors (Lipinski definition) is 1. The monoisotopic (exact) mass is 188 g/mol. The molecular weight excluding hydrogens is 180 g/mol. The molecule has 0 aliphatic heterocycles. The lowest BCUT2D eigenvalue weighted by Crippen LogP contribution is -2.21. The highest BCUT2D eigenvalue weighted by Gasteiger charge is 2.45. The quantitative estimate of drug-likeness (QED) is 0.530. The van der Waals surface area contributed by atoms with Crippen LogP contribution < -0.4 is 0 Å². The molecule has 3 atom stereocenters. The van der Waals surface area contributed by atoms with Crippen molar-refractivity contribution in [3.63, 3.8) is 0 Å². The zero-order valence-corrected chi connectivity index (χ0v) is 6.73. The van der Waals surface area contributed by atoms with E-state index in [1.54, 1.807) is 0 Å². The van der Waals surface area contributed by atoms with Crippen LogP contribution in [0.1, 0.15) is 19.3 Å². The third-order valence-electron chi connectivity index (χ3n) is 2.56. The number of halogens is 1. The normalized spacial score (nSPS) is 48.6. The van der Waals surface area contributed by atoms with Crippen molar-refractivity contribution in [1.29, 1.82) is 0 Å². The molecule has 2 aliphatic rings. The van der Waals surface area contributed by atoms with E-state index < -0.39 is 0 Å². The Bertz CT molecular complexity index is 151. The van der Waals surface area contributed by atoms with Gasteiger partial charge in [0, 0.05) is 5.92 Å². The lowest BCUT2D eigenvalue weighted by atomic mass is 10.00. The molecular formula is C7H9BrO. The summed E-state index contributed by atoms with van der Waals surface area (Å²) in [6, 6.07) is 0. The van der Waals surface area contributed by atoms with Gasteiger partial charge in [0.1, 0.15) is 5.78 Å². The highest BCUT2D eigenvalue weighted by molar-refractivity contribution is 9.10. The third-order valence-corrected chi connectivity index (χ3v) is 3.76. The molecule has 2 saturated carbocycles. The number of rotatable bonds is 0. The summed E-state index contributed by atoms with van der Waals surface area (Å²) in [7, 11) is 0. The third kappa shape index (κ3) is 0.689. The van der Waals surface area contributed by atoms with Gasteiger partial charge in [-0.2, -0.15) is 0 Å². The number of Topliss-reactive ketones (excluding diaryl/α,β-unsaturated/α-hetero) is 1. The van der Waals surface area contributed by atoms with Crippen molar-refractivity contribution in [1.82, 2.24) is 0 Å². The molecule has 2 bridgehead atoms. The average Bonchev–Trinajstić information content (AvgIpc) is 2.37. The second-order valence-electron chi connectivity index (χ2n) is 3.07. The fourth-order valence-corrected chi connectivity index (χ4v) is 2.85. The molecule has 2 rings (SSSR count). The number of carbonyl (C=O) groups excluding carboxylic acids is 1. The van der Waals surface area contributed by atoms with E-state index in [1.807, 2.05) is 0 Å². The molecule has 0 N–H and O–H groups in total. The van der Waals surface area contributed by atoms with Crippen LogP contribution >= 0.6 is 15.9 Å². The highest BCUT2D eigenvalue weighted by Crippen LogP contribution is 2.45. The van der Waals surface area contributed by atoms with E-state index in [0.29, 0.717) is 17.6 Å². The Morgan fingerprint density at radius 2 is 2.22 bits per heavy atom. The van der Waals surface area contributed by atoms with Crippen LogP contribution in [0.15, 0.2) is 0 Å². The number of hydrogen-bond donors (Lipinski definition) is 0. The minimum atomic E-state index is 0.219. The Hall–Kier alpha value is 0.150. The van der Waals surface area contributed by atoms with Gasteiger partial charge in [0.25, 0.3) is 0 Å². The van der Waals surface area contributed by atoms with Crippen molar-refractivity contribution < 1.29 is 4.79 Å². The van der Waals surface area contributed by atoms with Crippen LogP contribution in [-0.4, -0.2) is 10.6 Å². The maximum absolute atomic E-state index is 11.1. The van der Waals surface area contributed by atoms with Crippen molar-refractivity contribution in [2.24, 2.45) is 11.8 Å². The molecule has 9 heavy (non-hydrogen) atoms. The minimum Gasteiger partial charge on any atom is -0.298 e. The van der Waals surface area contributed by atoms with Gasteiger partial charge in [0.15, 0.2) is 0 Å². The fraction of sp³-hybridized carbons (Fsp3) is 0.857. The van der Waals surface area contributed by atoms with Gasteiger partial charge < -0.3 is 0 Å². The first kappa shape index (κ1) is 5.90. The summed E-state index contributed by atoms with van der Waals surface area (Å²) in [5.41, 5.74) is 0. The lowest BCUT2D eigenvalue weighted by molar-refractivity contribution is -0.121. The van der Waals surface area contributed by atoms with Gasteiger partial charge in [-0.1, -0.05) is 15.9 Å². The Labute approximate surface area is 62.9 Å². The topological polar surface area (TPSA) is 17.1 Å². The molecule has 1 nitrogen and oxygen atoms in total. The summed E-state index contributed by atoms with van der Waals surface area (Å²) in [5.74, 6) is 1.58. The molecule has 50 valence electrons. The molecule has 0 aromatic carbocycles. The van der Waals surface area contributed by atoms with E-state index in [1.165, 1.54) is 6.42 Å². The Morgan fingerprint density at radius 1 is 1.44 bits per heavy atom. The predicted molar refractivity (Wildman–Crippen MR) is 38.6 cm³/mol. The predicted octanol–water partition coefficient (Wildman–Crippen LogP) is 1.75. The minimum absolute atomic E-state index is 0.219. The van der Waals surface area contributed by atoms with Crippen LogP contribution in [0.3, 0.4) is 0 Å². The second-order valence-corrected chi connectivity index (χ2v) is 4.06. The molecule has 0 heterocycles. The van der Waals surface area contributed by atoms with Gasteiger partial charge in [-0.15, -0.1) is 0 Å². The van der Waals surface area contributed by atoms with E-state index >= 15 is 0 Å². The molecule has 0 radical (unpaired) electrons. The zero-order valence-electron chi connectivity index (χ0n) is 5.14. The highest BCUT2D eigenvalue weighted by atomic mass is 79.9. The molecule has 0 spiro atoms. The molecule has 2 fully saturated rings. The number of ketones is 1. The Morgan fingerprint density at radius 3 is 2.56 bits per heavy atom. The van der Waals surface area contributed by atoms with Crippen molar-refractivity contribution >= 4 is 21.7 Å². The molecule has 2 aliphatic carbocycles. The van der Waals surface area contributed by atoms with Crippen LogP contribution in [0, 0.1) is 11.8 Å². The largest absolute Gasteiger partial charge is 0.298 e. The van der Waals surface area contributed by atoms with Crippen LogP contribution in [-0.2, 0) is 4.79 Å². The Balaban J connectivity index is 2.25. The summed E-state index contributed by atoms with van der Waals surface area (Å²) < 4.78 is 0. The van der Waals surface area contributed by atoms with E-state index in [0.717, 1.165) is 12.8 Å². The first-order valence-electron chi connectivity index (χ1n) is 3.47. The Kier molecular flexibility index (Phi) is 1.19. The van der Waals surface area contributed by atoms with Gasteiger partial charge in [0.05, 0.1) is 4.83 Å². The van der Waals surface area contributed by atoms with E-state index in [2.05, 4.69) is 15.9 Å². The number of fused-ring (bicyclic) bond motifs is 2. The first-order valence-corrected chi connectivity index (χ1v) is 4.38. The fourth-order valence-electron chi connectivity index (χ4n) is 2.00. The summed E-state index contributed by atoms with van der Waals surface area (Å²) in [6.07, 6.45) is 3.59. The van der Waals surface area contributed by atoms with Crippen molar-refractivity contribution in [2.45, 2.75) is 24.1 Å². The second kappa shape index (κ2) is 1.82. The molecule has 0 amide bonds. The van der Waals surface area contributed by atoms with Crippen LogP contribution in [0.4, 0.5) is 0 Å². The van der Waals surface area contributed by atoms with Crippen molar-refractivity contribution in [3.8, 4) is 0 Å². The number of carbonyl (C=O) groups is 1. The maximum atomic E-state index is 11.1. The molecule has 2 heteroatoms. The SMILES string of the molecule is O=C1[C@H]2CC[C@@H](C2)[C@H]1Br. The standard InChI is InChI=1S/C7H9BrO/c8-6-4-1-2-5(3-4)7(6)9/h4-6H,1-3H2/t4-,5-,6+/m0/s1. The van der Waals surface area contributed by atoms with Gasteiger partial charge in [-0.05, 0) is 25.2 Å². The summed E-state index contributed by atoms with van der Waals surface area (Å²) in [5, 5.41) is 0. The first-order chi connectivity index (χ1) is 4.29. The summed E-state index contributed by atoms with van der Waals surface area (Å²) >= 11 is 3.41. The van der Waals surface area contributed by atoms with Gasteiger partial charge in [-0.3, -0.25) is 4.79 Å². The van der Waals surface area contributed by atoms with Crippen molar-refractivity contribution in [2.75, 3.05) is 0 Å².